The first-order chi connectivity index (χ1) is 27.0. The zero-order valence-corrected chi connectivity index (χ0v) is 33.9. The lowest BCUT2D eigenvalue weighted by atomic mass is 9.44. The predicted molar refractivity (Wildman–Crippen MR) is 219 cm³/mol. The highest BCUT2D eigenvalue weighted by Gasteiger charge is 2.69. The zero-order valence-electron chi connectivity index (χ0n) is 33.9. The van der Waals surface area contributed by atoms with Gasteiger partial charge in [0.05, 0.1) is 30.9 Å². The molecule has 6 heteroatoms. The number of fused-ring (bicyclic) bond motifs is 9. The van der Waals surface area contributed by atoms with E-state index in [1.807, 2.05) is 72.8 Å². The van der Waals surface area contributed by atoms with Gasteiger partial charge in [0.1, 0.15) is 6.10 Å². The molecule has 0 bridgehead atoms. The van der Waals surface area contributed by atoms with Crippen molar-refractivity contribution in [1.29, 1.82) is 0 Å². The molecule has 1 spiro atoms. The number of carbonyl (C=O) groups is 2. The third kappa shape index (κ3) is 5.55. The molecule has 4 aliphatic carbocycles. The van der Waals surface area contributed by atoms with Gasteiger partial charge in [0.2, 0.25) is 0 Å². The molecule has 0 aromatic heterocycles. The standard InChI is InChI=1S/C50H58O6/c1-29-16-21-50(54-28-29)30(2)45-44(56-50)27-43-37-15-14-35-26-36(17-19-48(35,3)42(37)18-20-49(43,45)4)55-47(52)41-25-34-13-9-7-11-32(34)23-39(41)38-22-31-10-6-8-12-33(31)24-40(38)46(51)53-5/h6-13,22-25,29-30,35-37,42-45H,14-21,26-28H2,1-5H3/t29-,30-,35+,36-,37+,42-,43-,44-,45-,48-,49-,50+/m0/s1. The van der Waals surface area contributed by atoms with E-state index in [9.17, 15) is 9.59 Å². The van der Waals surface area contributed by atoms with Gasteiger partial charge in [-0.05, 0) is 161 Å². The van der Waals surface area contributed by atoms with Crippen LogP contribution in [0.15, 0.2) is 72.8 Å². The molecule has 294 valence electrons. The summed E-state index contributed by atoms with van der Waals surface area (Å²) in [6.07, 6.45) is 11.6. The minimum absolute atomic E-state index is 0.128. The first-order valence-electron chi connectivity index (χ1n) is 21.7. The highest BCUT2D eigenvalue weighted by atomic mass is 16.7. The summed E-state index contributed by atoms with van der Waals surface area (Å²) < 4.78 is 25.4. The first kappa shape index (κ1) is 36.6. The predicted octanol–water partition coefficient (Wildman–Crippen LogP) is 11.4. The van der Waals surface area contributed by atoms with E-state index in [0.717, 1.165) is 59.8 Å². The Labute approximate surface area is 332 Å². The average Bonchev–Trinajstić information content (AvgIpc) is 3.66. The van der Waals surface area contributed by atoms with Gasteiger partial charge in [-0.3, -0.25) is 0 Å². The van der Waals surface area contributed by atoms with Crippen molar-refractivity contribution in [3.05, 3.63) is 83.9 Å². The number of carbonyl (C=O) groups excluding carboxylic acids is 2. The quantitative estimate of drug-likeness (QED) is 0.193. The second-order valence-electron chi connectivity index (χ2n) is 19.5. The largest absolute Gasteiger partial charge is 0.465 e. The van der Waals surface area contributed by atoms with E-state index in [4.69, 9.17) is 18.9 Å². The highest BCUT2D eigenvalue weighted by Crippen LogP contribution is 2.71. The summed E-state index contributed by atoms with van der Waals surface area (Å²) in [5, 5.41) is 3.90. The molecular formula is C50H58O6. The molecule has 6 fully saturated rings. The van der Waals surface area contributed by atoms with Crippen molar-refractivity contribution in [1.82, 2.24) is 0 Å². The fourth-order valence-corrected chi connectivity index (χ4v) is 13.9. The number of hydrogen-bond donors (Lipinski definition) is 0. The Morgan fingerprint density at radius 1 is 0.696 bits per heavy atom. The third-order valence-electron chi connectivity index (χ3n) is 16.8. The zero-order chi connectivity index (χ0) is 38.6. The molecule has 6 nitrogen and oxygen atoms in total. The van der Waals surface area contributed by atoms with Crippen molar-refractivity contribution in [3.63, 3.8) is 0 Å². The molecule has 2 saturated heterocycles. The van der Waals surface area contributed by atoms with Gasteiger partial charge in [-0.1, -0.05) is 76.2 Å². The van der Waals surface area contributed by atoms with Gasteiger partial charge in [-0.15, -0.1) is 0 Å². The summed E-state index contributed by atoms with van der Waals surface area (Å²) in [4.78, 5) is 27.7. The maximum atomic E-state index is 14.5. The van der Waals surface area contributed by atoms with Crippen LogP contribution in [0.4, 0.5) is 0 Å². The van der Waals surface area contributed by atoms with Crippen molar-refractivity contribution in [2.45, 2.75) is 110 Å². The summed E-state index contributed by atoms with van der Waals surface area (Å²) in [5.74, 6) is 3.25. The van der Waals surface area contributed by atoms with E-state index in [1.165, 1.54) is 45.6 Å². The lowest BCUT2D eigenvalue weighted by Gasteiger charge is -2.61. The van der Waals surface area contributed by atoms with E-state index < -0.39 is 5.97 Å². The number of hydrogen-bond acceptors (Lipinski definition) is 6. The molecule has 0 unspecified atom stereocenters. The van der Waals surface area contributed by atoms with E-state index in [0.29, 0.717) is 69.3 Å². The van der Waals surface area contributed by atoms with Crippen LogP contribution in [0, 0.1) is 52.3 Å². The molecule has 56 heavy (non-hydrogen) atoms. The van der Waals surface area contributed by atoms with E-state index in [1.54, 1.807) is 0 Å². The van der Waals surface area contributed by atoms with Gasteiger partial charge in [-0.25, -0.2) is 9.59 Å². The molecule has 4 saturated carbocycles. The Hall–Kier alpha value is -3.74. The van der Waals surface area contributed by atoms with Crippen molar-refractivity contribution in [2.24, 2.45) is 52.3 Å². The molecule has 2 aliphatic heterocycles. The second kappa shape index (κ2) is 13.4. The molecular weight excluding hydrogens is 697 g/mol. The number of benzene rings is 4. The van der Waals surface area contributed by atoms with Gasteiger partial charge in [0.25, 0.3) is 0 Å². The minimum Gasteiger partial charge on any atom is -0.465 e. The number of ether oxygens (including phenoxy) is 4. The fraction of sp³-hybridized carbons (Fsp3) is 0.560. The number of esters is 2. The summed E-state index contributed by atoms with van der Waals surface area (Å²) in [7, 11) is 1.41. The Balaban J connectivity index is 0.890. The third-order valence-corrected chi connectivity index (χ3v) is 16.8. The molecule has 12 atom stereocenters. The van der Waals surface area contributed by atoms with Crippen molar-refractivity contribution < 1.29 is 28.5 Å². The SMILES string of the molecule is COC(=O)c1cc2ccccc2cc1-c1cc2ccccc2cc1C(=O)O[C@H]1CC[C@@]2(C)[C@H](CC[C@@H]3[C@@H]2CC[C@]2(C)[C@@H]4[C@H](C[C@@H]32)O[C@]2(CC[C@H](C)CO2)[C@H]4C)C1. The average molecular weight is 755 g/mol. The summed E-state index contributed by atoms with van der Waals surface area (Å²) >= 11 is 0. The minimum atomic E-state index is -0.428. The maximum Gasteiger partial charge on any atom is 0.339 e. The lowest BCUT2D eigenvalue weighted by Crippen LogP contribution is -2.55. The van der Waals surface area contributed by atoms with Crippen molar-refractivity contribution in [2.75, 3.05) is 13.7 Å². The highest BCUT2D eigenvalue weighted by molar-refractivity contribution is 6.09. The van der Waals surface area contributed by atoms with Crippen LogP contribution in [-0.2, 0) is 18.9 Å². The fourth-order valence-electron chi connectivity index (χ4n) is 13.9. The Morgan fingerprint density at radius 2 is 1.32 bits per heavy atom. The Kier molecular flexibility index (Phi) is 8.76. The van der Waals surface area contributed by atoms with Gasteiger partial charge >= 0.3 is 11.9 Å². The molecule has 0 radical (unpaired) electrons. The van der Waals surface area contributed by atoms with Crippen LogP contribution < -0.4 is 0 Å². The van der Waals surface area contributed by atoms with Crippen LogP contribution in [-0.4, -0.2) is 43.7 Å². The van der Waals surface area contributed by atoms with Gasteiger partial charge < -0.3 is 18.9 Å². The topological polar surface area (TPSA) is 71.1 Å². The second-order valence-corrected chi connectivity index (χ2v) is 19.5. The number of methoxy groups -OCH3 is 1. The molecule has 2 heterocycles. The van der Waals surface area contributed by atoms with Crippen LogP contribution in [0.3, 0.4) is 0 Å². The summed E-state index contributed by atoms with van der Waals surface area (Å²) in [5.41, 5.74) is 2.88. The van der Waals surface area contributed by atoms with E-state index in [-0.39, 0.29) is 23.3 Å². The van der Waals surface area contributed by atoms with Crippen molar-refractivity contribution in [3.8, 4) is 11.1 Å². The van der Waals surface area contributed by atoms with Crippen molar-refractivity contribution >= 4 is 33.5 Å². The molecule has 4 aromatic carbocycles. The van der Waals surface area contributed by atoms with Crippen LogP contribution in [0.5, 0.6) is 0 Å². The number of rotatable bonds is 4. The van der Waals surface area contributed by atoms with E-state index in [2.05, 4.69) is 27.7 Å². The summed E-state index contributed by atoms with van der Waals surface area (Å²) in [6, 6.07) is 23.9. The van der Waals surface area contributed by atoms with Crippen LogP contribution in [0.25, 0.3) is 32.7 Å². The first-order valence-corrected chi connectivity index (χ1v) is 21.7. The molecule has 4 aromatic rings. The molecule has 0 amide bonds. The van der Waals surface area contributed by atoms with Gasteiger partial charge in [0.15, 0.2) is 5.79 Å². The maximum absolute atomic E-state index is 14.5. The molecule has 0 N–H and O–H groups in total. The van der Waals surface area contributed by atoms with Crippen LogP contribution >= 0.6 is 0 Å². The van der Waals surface area contributed by atoms with Crippen LogP contribution in [0.1, 0.15) is 113 Å². The van der Waals surface area contributed by atoms with Crippen LogP contribution in [0.2, 0.25) is 0 Å². The Morgan fingerprint density at radius 3 is 1.95 bits per heavy atom. The summed E-state index contributed by atoms with van der Waals surface area (Å²) in [6.45, 7) is 10.8. The Bertz CT molecular complexity index is 2200. The lowest BCUT2D eigenvalue weighted by molar-refractivity contribution is -0.273. The smallest absolute Gasteiger partial charge is 0.339 e. The van der Waals surface area contributed by atoms with Gasteiger partial charge in [0, 0.05) is 12.3 Å². The van der Waals surface area contributed by atoms with Gasteiger partial charge in [-0.2, -0.15) is 0 Å². The normalized spacial score (nSPS) is 38.8. The molecule has 10 rings (SSSR count). The van der Waals surface area contributed by atoms with E-state index >= 15 is 0 Å². The molecule has 6 aliphatic rings. The monoisotopic (exact) mass is 754 g/mol.